The maximum atomic E-state index is 12.2. The molecule has 1 aliphatic heterocycles. The maximum Gasteiger partial charge on any atom is 0.164 e. The Balaban J connectivity index is 0.000000335. The van der Waals surface area contributed by atoms with Crippen molar-refractivity contribution < 1.29 is 30.0 Å². The number of nitrogens with zero attached hydrogens (tertiary/aromatic N) is 1. The van der Waals surface area contributed by atoms with E-state index in [0.29, 0.717) is 0 Å². The molecule has 5 rings (SSSR count). The van der Waals surface area contributed by atoms with Crippen molar-refractivity contribution >= 4 is 51.9 Å². The van der Waals surface area contributed by atoms with E-state index < -0.39 is 21.3 Å². The smallest absolute Gasteiger partial charge is 0.164 e. The molecule has 51 heavy (non-hydrogen) atoms. The molecule has 0 saturated carbocycles. The number of carbonyl (C=O) groups excluding carboxylic acids is 1. The number of fused-ring (bicyclic) bond motifs is 4. The quantitative estimate of drug-likeness (QED) is 0.0787. The third kappa shape index (κ3) is 8.58. The molecular formula is C45H62GeIrNO2Si-. The largest absolute Gasteiger partial charge is 0.512 e. The van der Waals surface area contributed by atoms with Gasteiger partial charge >= 0.3 is 203 Å². The molecule has 1 N–H and O–H groups in total. The van der Waals surface area contributed by atoms with Gasteiger partial charge in [-0.2, -0.15) is 0 Å². The zero-order valence-electron chi connectivity index (χ0n) is 33.8. The van der Waals surface area contributed by atoms with Gasteiger partial charge in [-0.25, -0.2) is 0 Å². The van der Waals surface area contributed by atoms with E-state index in [1.54, 1.807) is 9.58 Å². The van der Waals surface area contributed by atoms with Gasteiger partial charge in [-0.05, 0) is 25.7 Å². The van der Waals surface area contributed by atoms with Crippen LogP contribution in [0.4, 0.5) is 0 Å². The Hall–Kier alpha value is -2.31. The van der Waals surface area contributed by atoms with Gasteiger partial charge in [0, 0.05) is 37.0 Å². The first-order valence-electron chi connectivity index (χ1n) is 18.7. The summed E-state index contributed by atoms with van der Waals surface area (Å²) in [6, 6.07) is 24.4. The number of benzene rings is 3. The SMILES string of the molecule is CC(C)(C)c1cc(-c2nccc3[c]2[Ge]([CH3])([CH3])[c]2cc([Si](C)(C)C)ccc2-3)[c-]c2ccccc12.CCC(C)(CC)C(=O)/C=C(\O)C(C)(CC)CC.[Ir]. The number of allylic oxidation sites excluding steroid dienone is 2. The second kappa shape index (κ2) is 16.0. The van der Waals surface area contributed by atoms with Gasteiger partial charge in [0.2, 0.25) is 0 Å². The van der Waals surface area contributed by atoms with Crippen molar-refractivity contribution in [3.8, 4) is 22.4 Å². The summed E-state index contributed by atoms with van der Waals surface area (Å²) in [6.45, 7) is 26.3. The number of pyridine rings is 1. The average Bonchev–Trinajstić information content (AvgIpc) is 3.32. The first kappa shape index (κ1) is 43.1. The van der Waals surface area contributed by atoms with E-state index in [1.807, 2.05) is 47.7 Å². The zero-order valence-corrected chi connectivity index (χ0v) is 39.3. The summed E-state index contributed by atoms with van der Waals surface area (Å²) in [7, 11) is -1.37. The Morgan fingerprint density at radius 1 is 0.843 bits per heavy atom. The molecule has 3 aromatic carbocycles. The molecule has 0 bridgehead atoms. The number of rotatable bonds is 9. The van der Waals surface area contributed by atoms with Gasteiger partial charge in [-0.1, -0.05) is 41.5 Å². The van der Waals surface area contributed by atoms with Gasteiger partial charge in [-0.3, -0.25) is 4.79 Å². The number of hydrogen-bond acceptors (Lipinski definition) is 3. The fourth-order valence-corrected chi connectivity index (χ4v) is 15.6. The van der Waals surface area contributed by atoms with Crippen LogP contribution in [0.25, 0.3) is 33.2 Å². The number of aliphatic hydroxyl groups excluding tert-OH is 1. The molecule has 3 nitrogen and oxygen atoms in total. The summed E-state index contributed by atoms with van der Waals surface area (Å²) in [5.74, 6) is 5.39. The van der Waals surface area contributed by atoms with Crippen LogP contribution in [0, 0.1) is 16.9 Å². The fourth-order valence-electron chi connectivity index (χ4n) is 7.08. The molecule has 1 radical (unpaired) electrons. The van der Waals surface area contributed by atoms with Gasteiger partial charge in [0.25, 0.3) is 0 Å². The first-order valence-corrected chi connectivity index (χ1v) is 28.5. The molecule has 0 aliphatic carbocycles. The predicted molar refractivity (Wildman–Crippen MR) is 223 cm³/mol. The Morgan fingerprint density at radius 3 is 1.98 bits per heavy atom. The second-order valence-corrected chi connectivity index (χ2v) is 31.6. The van der Waals surface area contributed by atoms with Crippen LogP contribution in [0.1, 0.15) is 93.6 Å². The Bertz CT molecular complexity index is 1910. The molecule has 277 valence electrons. The van der Waals surface area contributed by atoms with Crippen LogP contribution in [-0.4, -0.2) is 37.2 Å². The third-order valence-electron chi connectivity index (χ3n) is 11.9. The van der Waals surface area contributed by atoms with E-state index >= 15 is 0 Å². The number of aliphatic hydroxyl groups is 1. The molecule has 0 saturated heterocycles. The number of ketones is 1. The van der Waals surface area contributed by atoms with E-state index in [2.05, 4.69) is 113 Å². The van der Waals surface area contributed by atoms with Crippen molar-refractivity contribution in [2.45, 2.75) is 125 Å². The molecule has 0 atom stereocenters. The molecule has 2 heterocycles. The monoisotopic (exact) mass is 943 g/mol. The summed E-state index contributed by atoms with van der Waals surface area (Å²) < 4.78 is 3.14. The molecular weight excluding hydrogens is 879 g/mol. The van der Waals surface area contributed by atoms with Crippen LogP contribution >= 0.6 is 0 Å². The second-order valence-electron chi connectivity index (χ2n) is 17.5. The van der Waals surface area contributed by atoms with Crippen molar-refractivity contribution in [2.75, 3.05) is 0 Å². The van der Waals surface area contributed by atoms with Gasteiger partial charge in [0.15, 0.2) is 5.78 Å². The average molecular weight is 942 g/mol. The van der Waals surface area contributed by atoms with Crippen molar-refractivity contribution in [3.05, 3.63) is 84.3 Å². The Kier molecular flexibility index (Phi) is 13.5. The summed E-state index contributed by atoms with van der Waals surface area (Å²) in [6.07, 6.45) is 6.76. The predicted octanol–water partition coefficient (Wildman–Crippen LogP) is 11.0. The number of hydrogen-bond donors (Lipinski definition) is 1. The minimum absolute atomic E-state index is 0. The van der Waals surface area contributed by atoms with Crippen LogP contribution in [0.15, 0.2) is 72.6 Å². The van der Waals surface area contributed by atoms with Crippen LogP contribution in [-0.2, 0) is 30.3 Å². The van der Waals surface area contributed by atoms with Crippen LogP contribution in [0.3, 0.4) is 0 Å². The van der Waals surface area contributed by atoms with E-state index in [9.17, 15) is 9.90 Å². The summed E-state index contributed by atoms with van der Waals surface area (Å²) in [5.41, 5.74) is 5.96. The molecule has 0 amide bonds. The van der Waals surface area contributed by atoms with Crippen LogP contribution < -0.4 is 14.0 Å². The zero-order chi connectivity index (χ0) is 37.4. The topological polar surface area (TPSA) is 50.2 Å². The van der Waals surface area contributed by atoms with E-state index in [0.717, 1.165) is 36.9 Å². The molecule has 1 aliphatic rings. The minimum Gasteiger partial charge on any atom is -0.512 e. The molecule has 1 aromatic heterocycles. The Morgan fingerprint density at radius 2 is 1.43 bits per heavy atom. The van der Waals surface area contributed by atoms with Crippen LogP contribution in [0.2, 0.25) is 31.2 Å². The van der Waals surface area contributed by atoms with E-state index in [-0.39, 0.29) is 47.9 Å². The molecule has 4 aromatic rings. The van der Waals surface area contributed by atoms with Crippen molar-refractivity contribution in [1.82, 2.24) is 4.98 Å². The third-order valence-corrected chi connectivity index (χ3v) is 21.3. The first-order chi connectivity index (χ1) is 23.2. The normalized spacial score (nSPS) is 14.3. The van der Waals surface area contributed by atoms with Gasteiger partial charge < -0.3 is 5.11 Å². The Labute approximate surface area is 326 Å². The summed E-state index contributed by atoms with van der Waals surface area (Å²) >= 11 is -2.54. The summed E-state index contributed by atoms with van der Waals surface area (Å²) in [5, 5.41) is 14.2. The van der Waals surface area contributed by atoms with Gasteiger partial charge in [0.05, 0.1) is 0 Å². The van der Waals surface area contributed by atoms with Crippen molar-refractivity contribution in [3.63, 3.8) is 0 Å². The van der Waals surface area contributed by atoms with Crippen molar-refractivity contribution in [2.24, 2.45) is 10.8 Å². The van der Waals surface area contributed by atoms with E-state index in [1.165, 1.54) is 37.9 Å². The van der Waals surface area contributed by atoms with Gasteiger partial charge in [0.1, 0.15) is 5.76 Å². The maximum absolute atomic E-state index is 12.2. The molecule has 6 heteroatoms. The molecule has 0 spiro atoms. The van der Waals surface area contributed by atoms with Crippen LogP contribution in [0.5, 0.6) is 0 Å². The summed E-state index contributed by atoms with van der Waals surface area (Å²) in [4.78, 5) is 17.2. The number of aromatic nitrogens is 1. The minimum atomic E-state index is -2.54. The fraction of sp³-hybridized carbons (Fsp3) is 0.467. The van der Waals surface area contributed by atoms with Crippen molar-refractivity contribution in [1.29, 1.82) is 0 Å². The molecule has 0 unspecified atom stereocenters. The standard InChI is InChI=1S/C30H34GeNSi.C15H28O2.Ir/c1-30(2,3)26-18-21(17-20-11-9-10-12-23(20)26)29-28-25(15-16-32-29)24-14-13-22(33(6,7)8)19-27(24)31(28,4)5;1-7-14(5,8-2)12(16)11-13(17)15(6,9-3)10-4;/h9-16,18-19H,1-8H3;11,16H,7-10H2,1-6H3;/q-1;;/b;12-11-;. The number of carbonyl (C=O) groups is 1. The van der Waals surface area contributed by atoms with Gasteiger partial charge in [-0.15, -0.1) is 0 Å². The molecule has 0 fully saturated rings. The van der Waals surface area contributed by atoms with E-state index in [4.69, 9.17) is 4.98 Å².